The van der Waals surface area contributed by atoms with Gasteiger partial charge in [0.2, 0.25) is 15.9 Å². The second-order valence-electron chi connectivity index (χ2n) is 8.27. The fraction of sp³-hybridized carbons (Fsp3) is 0.435. The minimum Gasteiger partial charge on any atom is -0.326 e. The Morgan fingerprint density at radius 2 is 1.73 bits per heavy atom. The molecule has 5 nitrogen and oxygen atoms in total. The summed E-state index contributed by atoms with van der Waals surface area (Å²) in [6, 6.07) is 10.1. The predicted molar refractivity (Wildman–Crippen MR) is 114 cm³/mol. The minimum atomic E-state index is -3.56. The molecule has 2 aromatic carbocycles. The standard InChI is InChI=1S/C23H27FN2O3S/c1-16-6-8-20(15-22(16)24)25-23(27)18-10-12-26(13-11-18)30(28,29)21-9-7-17-4-2-3-5-19(17)14-21/h6-9,14-15,18H,2-5,10-13H2,1H3,(H,25,27). The van der Waals surface area contributed by atoms with Crippen LogP contribution in [0.1, 0.15) is 42.4 Å². The first kappa shape index (κ1) is 21.0. The van der Waals surface area contributed by atoms with Crippen molar-refractivity contribution in [1.82, 2.24) is 4.31 Å². The molecule has 1 aliphatic carbocycles. The first-order valence-electron chi connectivity index (χ1n) is 10.5. The number of piperidine rings is 1. The first-order valence-corrected chi connectivity index (χ1v) is 12.0. The van der Waals surface area contributed by atoms with Gasteiger partial charge in [-0.3, -0.25) is 4.79 Å². The lowest BCUT2D eigenvalue weighted by atomic mass is 9.92. The molecule has 1 amide bonds. The van der Waals surface area contributed by atoms with E-state index in [1.165, 1.54) is 15.9 Å². The van der Waals surface area contributed by atoms with Gasteiger partial charge in [-0.05, 0) is 86.4 Å². The zero-order chi connectivity index (χ0) is 21.3. The number of amides is 1. The van der Waals surface area contributed by atoms with E-state index in [-0.39, 0.29) is 17.6 Å². The summed E-state index contributed by atoms with van der Waals surface area (Å²) < 4.78 is 41.4. The van der Waals surface area contributed by atoms with Crippen LogP contribution in [0.2, 0.25) is 0 Å². The van der Waals surface area contributed by atoms with E-state index in [1.54, 1.807) is 25.1 Å². The highest BCUT2D eigenvalue weighted by molar-refractivity contribution is 7.89. The van der Waals surface area contributed by atoms with Gasteiger partial charge in [0.25, 0.3) is 0 Å². The molecule has 1 aliphatic heterocycles. The van der Waals surface area contributed by atoms with Gasteiger partial charge in [-0.1, -0.05) is 12.1 Å². The average molecular weight is 431 g/mol. The van der Waals surface area contributed by atoms with Gasteiger partial charge in [-0.25, -0.2) is 12.8 Å². The van der Waals surface area contributed by atoms with Crippen molar-refractivity contribution in [3.8, 4) is 0 Å². The summed E-state index contributed by atoms with van der Waals surface area (Å²) in [6.07, 6.45) is 5.10. The number of carbonyl (C=O) groups excluding carboxylic acids is 1. The molecule has 0 radical (unpaired) electrons. The van der Waals surface area contributed by atoms with Gasteiger partial charge in [0.05, 0.1) is 4.90 Å². The molecule has 0 saturated carbocycles. The van der Waals surface area contributed by atoms with Crippen molar-refractivity contribution in [3.63, 3.8) is 0 Å². The summed E-state index contributed by atoms with van der Waals surface area (Å²) in [6.45, 7) is 2.28. The molecule has 2 aromatic rings. The zero-order valence-electron chi connectivity index (χ0n) is 17.2. The first-order chi connectivity index (χ1) is 14.3. The highest BCUT2D eigenvalue weighted by Gasteiger charge is 2.32. The normalized spacial score (nSPS) is 18.1. The SMILES string of the molecule is Cc1ccc(NC(=O)C2CCN(S(=O)(=O)c3ccc4c(c3)CCCC4)CC2)cc1F. The van der Waals surface area contributed by atoms with Crippen LogP contribution in [0, 0.1) is 18.7 Å². The molecule has 160 valence electrons. The van der Waals surface area contributed by atoms with Gasteiger partial charge in [-0.15, -0.1) is 0 Å². The molecule has 4 rings (SSSR count). The van der Waals surface area contributed by atoms with Crippen LogP contribution in [0.15, 0.2) is 41.3 Å². The lowest BCUT2D eigenvalue weighted by Crippen LogP contribution is -2.41. The number of carbonyl (C=O) groups is 1. The topological polar surface area (TPSA) is 66.5 Å². The van der Waals surface area contributed by atoms with E-state index in [2.05, 4.69) is 5.32 Å². The summed E-state index contributed by atoms with van der Waals surface area (Å²) in [5, 5.41) is 2.75. The fourth-order valence-corrected chi connectivity index (χ4v) is 5.81. The van der Waals surface area contributed by atoms with Crippen LogP contribution >= 0.6 is 0 Å². The molecule has 0 atom stereocenters. The van der Waals surface area contributed by atoms with Crippen LogP contribution in [-0.2, 0) is 27.7 Å². The van der Waals surface area contributed by atoms with E-state index in [0.717, 1.165) is 31.2 Å². The van der Waals surface area contributed by atoms with E-state index in [9.17, 15) is 17.6 Å². The Labute approximate surface area is 177 Å². The number of nitrogens with one attached hydrogen (secondary N) is 1. The summed E-state index contributed by atoms with van der Waals surface area (Å²) in [7, 11) is -3.56. The number of hydrogen-bond donors (Lipinski definition) is 1. The molecule has 0 aromatic heterocycles. The summed E-state index contributed by atoms with van der Waals surface area (Å²) in [5.74, 6) is -0.841. The molecule has 30 heavy (non-hydrogen) atoms. The molecule has 0 bridgehead atoms. The average Bonchev–Trinajstić information content (AvgIpc) is 2.76. The van der Waals surface area contributed by atoms with Gasteiger partial charge in [0, 0.05) is 24.7 Å². The lowest BCUT2D eigenvalue weighted by Gasteiger charge is -2.31. The molecule has 0 unspecified atom stereocenters. The Morgan fingerprint density at radius 3 is 2.43 bits per heavy atom. The molecule has 1 heterocycles. The van der Waals surface area contributed by atoms with E-state index >= 15 is 0 Å². The second kappa shape index (κ2) is 8.47. The fourth-order valence-electron chi connectivity index (χ4n) is 4.29. The summed E-state index contributed by atoms with van der Waals surface area (Å²) in [4.78, 5) is 12.9. The quantitative estimate of drug-likeness (QED) is 0.796. The Balaban J connectivity index is 1.39. The van der Waals surface area contributed by atoms with Crippen molar-refractivity contribution >= 4 is 21.6 Å². The molecule has 1 fully saturated rings. The number of aryl methyl sites for hydroxylation is 3. The largest absolute Gasteiger partial charge is 0.326 e. The molecular weight excluding hydrogens is 403 g/mol. The van der Waals surface area contributed by atoms with Gasteiger partial charge < -0.3 is 5.32 Å². The minimum absolute atomic E-state index is 0.191. The van der Waals surface area contributed by atoms with Crippen molar-refractivity contribution < 1.29 is 17.6 Å². The van der Waals surface area contributed by atoms with Crippen LogP contribution in [0.5, 0.6) is 0 Å². The second-order valence-corrected chi connectivity index (χ2v) is 10.2. The zero-order valence-corrected chi connectivity index (χ0v) is 18.0. The number of fused-ring (bicyclic) bond motifs is 1. The van der Waals surface area contributed by atoms with Gasteiger partial charge in [-0.2, -0.15) is 4.31 Å². The Hall–Kier alpha value is -2.25. The monoisotopic (exact) mass is 430 g/mol. The van der Waals surface area contributed by atoms with Gasteiger partial charge >= 0.3 is 0 Å². The van der Waals surface area contributed by atoms with Crippen molar-refractivity contribution in [2.24, 2.45) is 5.92 Å². The third kappa shape index (κ3) is 4.27. The molecule has 0 spiro atoms. The number of sulfonamides is 1. The van der Waals surface area contributed by atoms with Crippen molar-refractivity contribution in [2.75, 3.05) is 18.4 Å². The van der Waals surface area contributed by atoms with Gasteiger partial charge in [0.15, 0.2) is 0 Å². The van der Waals surface area contributed by atoms with Crippen LogP contribution < -0.4 is 5.32 Å². The molecule has 2 aliphatic rings. The van der Waals surface area contributed by atoms with Crippen LogP contribution in [0.25, 0.3) is 0 Å². The summed E-state index contributed by atoms with van der Waals surface area (Å²) in [5.41, 5.74) is 3.34. The number of rotatable bonds is 4. The van der Waals surface area contributed by atoms with Crippen LogP contribution in [0.4, 0.5) is 10.1 Å². The third-order valence-corrected chi connectivity index (χ3v) is 8.12. The summed E-state index contributed by atoms with van der Waals surface area (Å²) >= 11 is 0. The van der Waals surface area contributed by atoms with Crippen LogP contribution in [0.3, 0.4) is 0 Å². The number of benzene rings is 2. The number of hydrogen-bond acceptors (Lipinski definition) is 3. The van der Waals surface area contributed by atoms with E-state index in [1.807, 2.05) is 12.1 Å². The number of halogens is 1. The maximum atomic E-state index is 13.7. The highest BCUT2D eigenvalue weighted by Crippen LogP contribution is 2.28. The van der Waals surface area contributed by atoms with Crippen LogP contribution in [-0.4, -0.2) is 31.7 Å². The highest BCUT2D eigenvalue weighted by atomic mass is 32.2. The molecule has 1 N–H and O–H groups in total. The Morgan fingerprint density at radius 1 is 1.03 bits per heavy atom. The Bertz CT molecular complexity index is 1060. The van der Waals surface area contributed by atoms with E-state index in [0.29, 0.717) is 42.1 Å². The van der Waals surface area contributed by atoms with E-state index < -0.39 is 10.0 Å². The van der Waals surface area contributed by atoms with E-state index in [4.69, 9.17) is 0 Å². The molecular formula is C23H27FN2O3S. The smallest absolute Gasteiger partial charge is 0.243 e. The third-order valence-electron chi connectivity index (χ3n) is 6.22. The molecule has 7 heteroatoms. The Kier molecular flexibility index (Phi) is 5.93. The molecule has 1 saturated heterocycles. The van der Waals surface area contributed by atoms with Crippen molar-refractivity contribution in [2.45, 2.75) is 50.3 Å². The van der Waals surface area contributed by atoms with Gasteiger partial charge in [0.1, 0.15) is 5.82 Å². The van der Waals surface area contributed by atoms with Crippen molar-refractivity contribution in [1.29, 1.82) is 0 Å². The van der Waals surface area contributed by atoms with Crippen molar-refractivity contribution in [3.05, 3.63) is 58.9 Å². The number of nitrogens with zero attached hydrogens (tertiary/aromatic N) is 1. The number of anilines is 1. The lowest BCUT2D eigenvalue weighted by molar-refractivity contribution is -0.120. The maximum absolute atomic E-state index is 13.7. The predicted octanol–water partition coefficient (Wildman–Crippen LogP) is 4.05. The maximum Gasteiger partial charge on any atom is 0.243 e.